The van der Waals surface area contributed by atoms with Crippen LogP contribution in [0.25, 0.3) is 5.82 Å². The minimum Gasteiger partial charge on any atom is -0.494 e. The normalized spacial score (nSPS) is 14.9. The summed E-state index contributed by atoms with van der Waals surface area (Å²) in [4.78, 5) is 28.0. The first kappa shape index (κ1) is 29.7. The maximum absolute atomic E-state index is 13.8. The standard InChI is InChI=1S/C35H43N7O2/c1-22(2)26-8-7-9-27(23(3)4)32(26)38-34(43)28-14-15-42-30(28)13-10-24-21-36-35(39-33(24)42)37-29-12-11-25(20-31(29)44-6)41-18-16-40(5)17-19-41/h7-9,11-12,14-15,20-23H,10,13,16-19H2,1-6H3,(H,38,43)(H,36,37,39). The van der Waals surface area contributed by atoms with Gasteiger partial charge >= 0.3 is 0 Å². The van der Waals surface area contributed by atoms with Crippen LogP contribution in [0.3, 0.4) is 0 Å². The largest absolute Gasteiger partial charge is 0.494 e. The predicted molar refractivity (Wildman–Crippen MR) is 177 cm³/mol. The Hall–Kier alpha value is -4.37. The summed E-state index contributed by atoms with van der Waals surface area (Å²) in [6, 6.07) is 14.4. The van der Waals surface area contributed by atoms with Crippen molar-refractivity contribution in [2.45, 2.75) is 52.4 Å². The number of para-hydroxylation sites is 1. The molecule has 9 nitrogen and oxygen atoms in total. The number of ether oxygens (including phenoxy) is 1. The fourth-order valence-electron chi connectivity index (χ4n) is 6.26. The molecule has 4 aromatic rings. The molecule has 4 heterocycles. The molecule has 0 aliphatic carbocycles. The molecule has 1 fully saturated rings. The van der Waals surface area contributed by atoms with E-state index >= 15 is 0 Å². The number of hydrogen-bond donors (Lipinski definition) is 2. The van der Waals surface area contributed by atoms with Crippen molar-refractivity contribution in [2.24, 2.45) is 0 Å². The molecule has 2 N–H and O–H groups in total. The molecule has 9 heteroatoms. The van der Waals surface area contributed by atoms with Crippen molar-refractivity contribution in [2.75, 3.05) is 55.9 Å². The van der Waals surface area contributed by atoms with Crippen molar-refractivity contribution in [3.8, 4) is 11.6 Å². The SMILES string of the molecule is COc1cc(N2CCN(C)CC2)ccc1Nc1ncc2c(n1)-n1ccc(C(=O)Nc3c(C(C)C)cccc3C(C)C)c1CC2. The number of aryl methyl sites for hydroxylation is 1. The van der Waals surface area contributed by atoms with Gasteiger partial charge in [0.2, 0.25) is 5.95 Å². The van der Waals surface area contributed by atoms with Gasteiger partial charge in [-0.25, -0.2) is 4.98 Å². The van der Waals surface area contributed by atoms with Gasteiger partial charge in [-0.15, -0.1) is 0 Å². The first-order valence-electron chi connectivity index (χ1n) is 15.6. The minimum atomic E-state index is -0.0882. The van der Waals surface area contributed by atoms with Gasteiger partial charge in [-0.1, -0.05) is 45.9 Å². The number of piperazine rings is 1. The minimum absolute atomic E-state index is 0.0882. The van der Waals surface area contributed by atoms with Crippen molar-refractivity contribution in [3.05, 3.63) is 82.8 Å². The molecule has 0 atom stereocenters. The number of fused-ring (bicyclic) bond motifs is 3. The van der Waals surface area contributed by atoms with E-state index in [9.17, 15) is 4.79 Å². The zero-order valence-corrected chi connectivity index (χ0v) is 26.6. The Morgan fingerprint density at radius 1 is 0.955 bits per heavy atom. The Bertz CT molecular complexity index is 1640. The number of methoxy groups -OCH3 is 1. The van der Waals surface area contributed by atoms with E-state index in [2.05, 4.69) is 90.5 Å². The smallest absolute Gasteiger partial charge is 0.257 e. The predicted octanol–water partition coefficient (Wildman–Crippen LogP) is 6.37. The first-order valence-corrected chi connectivity index (χ1v) is 15.6. The van der Waals surface area contributed by atoms with E-state index in [1.165, 1.54) is 0 Å². The number of benzene rings is 2. The lowest BCUT2D eigenvalue weighted by molar-refractivity contribution is 0.102. The van der Waals surface area contributed by atoms with E-state index in [-0.39, 0.29) is 5.91 Å². The number of amides is 1. The molecule has 2 aliphatic rings. The first-order chi connectivity index (χ1) is 21.2. The van der Waals surface area contributed by atoms with E-state index in [1.54, 1.807) is 7.11 Å². The molecular formula is C35H43N7O2. The summed E-state index contributed by atoms with van der Waals surface area (Å²) >= 11 is 0. The van der Waals surface area contributed by atoms with Crippen LogP contribution >= 0.6 is 0 Å². The second kappa shape index (κ2) is 12.3. The fourth-order valence-corrected chi connectivity index (χ4v) is 6.26. The van der Waals surface area contributed by atoms with Crippen LogP contribution in [-0.4, -0.2) is 65.7 Å². The van der Waals surface area contributed by atoms with E-state index < -0.39 is 0 Å². The lowest BCUT2D eigenvalue weighted by atomic mass is 9.92. The molecule has 2 aliphatic heterocycles. The lowest BCUT2D eigenvalue weighted by Gasteiger charge is -2.34. The van der Waals surface area contributed by atoms with Crippen molar-refractivity contribution in [1.29, 1.82) is 0 Å². The van der Waals surface area contributed by atoms with Gasteiger partial charge < -0.3 is 29.7 Å². The van der Waals surface area contributed by atoms with Crippen molar-refractivity contribution in [3.63, 3.8) is 0 Å². The monoisotopic (exact) mass is 593 g/mol. The van der Waals surface area contributed by atoms with Gasteiger partial charge in [0, 0.05) is 67.3 Å². The van der Waals surface area contributed by atoms with Crippen LogP contribution in [0, 0.1) is 0 Å². The van der Waals surface area contributed by atoms with Crippen molar-refractivity contribution in [1.82, 2.24) is 19.4 Å². The zero-order chi connectivity index (χ0) is 31.0. The van der Waals surface area contributed by atoms with Crippen LogP contribution in [0.5, 0.6) is 5.75 Å². The van der Waals surface area contributed by atoms with Crippen LogP contribution in [0.15, 0.2) is 54.9 Å². The average molecular weight is 594 g/mol. The van der Waals surface area contributed by atoms with Crippen LogP contribution in [-0.2, 0) is 12.8 Å². The Morgan fingerprint density at radius 3 is 2.36 bits per heavy atom. The van der Waals surface area contributed by atoms with Crippen LogP contribution in [0.2, 0.25) is 0 Å². The number of hydrogen-bond acceptors (Lipinski definition) is 7. The number of nitrogens with zero attached hydrogens (tertiary/aromatic N) is 5. The highest BCUT2D eigenvalue weighted by Gasteiger charge is 2.26. The van der Waals surface area contributed by atoms with Gasteiger partial charge in [-0.3, -0.25) is 4.79 Å². The molecule has 2 aromatic heterocycles. The number of carbonyl (C=O) groups is 1. The average Bonchev–Trinajstić information content (AvgIpc) is 3.46. The number of carbonyl (C=O) groups excluding carboxylic acids is 1. The molecule has 0 radical (unpaired) electrons. The van der Waals surface area contributed by atoms with Gasteiger partial charge in [0.15, 0.2) is 0 Å². The van der Waals surface area contributed by atoms with Gasteiger partial charge in [-0.05, 0) is 61.1 Å². The summed E-state index contributed by atoms with van der Waals surface area (Å²) in [5, 5.41) is 6.66. The molecule has 0 saturated carbocycles. The number of nitrogens with one attached hydrogen (secondary N) is 2. The van der Waals surface area contributed by atoms with E-state index in [4.69, 9.17) is 9.72 Å². The highest BCUT2D eigenvalue weighted by Crippen LogP contribution is 2.35. The molecule has 6 rings (SSSR count). The summed E-state index contributed by atoms with van der Waals surface area (Å²) in [5.74, 6) is 2.52. The Morgan fingerprint density at radius 2 is 1.68 bits per heavy atom. The lowest BCUT2D eigenvalue weighted by Crippen LogP contribution is -2.44. The second-order valence-electron chi connectivity index (χ2n) is 12.5. The maximum Gasteiger partial charge on any atom is 0.257 e. The summed E-state index contributed by atoms with van der Waals surface area (Å²) in [6.45, 7) is 12.7. The third kappa shape index (κ3) is 5.76. The van der Waals surface area contributed by atoms with Gasteiger partial charge in [0.25, 0.3) is 5.91 Å². The van der Waals surface area contributed by atoms with Gasteiger partial charge in [-0.2, -0.15) is 4.98 Å². The van der Waals surface area contributed by atoms with Crippen molar-refractivity contribution >= 4 is 28.9 Å². The molecule has 1 amide bonds. The number of aromatic nitrogens is 3. The van der Waals surface area contributed by atoms with E-state index in [0.29, 0.717) is 23.3 Å². The highest BCUT2D eigenvalue weighted by molar-refractivity contribution is 6.06. The second-order valence-corrected chi connectivity index (χ2v) is 12.5. The van der Waals surface area contributed by atoms with Crippen LogP contribution in [0.1, 0.15) is 72.3 Å². The molecule has 230 valence electrons. The number of likely N-dealkylation sites (N-methyl/N-ethyl adjacent to an activating group) is 1. The van der Waals surface area contributed by atoms with Gasteiger partial charge in [0.1, 0.15) is 11.6 Å². The molecule has 0 spiro atoms. The van der Waals surface area contributed by atoms with E-state index in [0.717, 1.165) is 90.0 Å². The molecule has 0 bridgehead atoms. The molecule has 2 aromatic carbocycles. The Kier molecular flexibility index (Phi) is 8.31. The summed E-state index contributed by atoms with van der Waals surface area (Å²) in [7, 11) is 3.84. The third-order valence-electron chi connectivity index (χ3n) is 8.85. The number of anilines is 4. The van der Waals surface area contributed by atoms with Crippen LogP contribution < -0.4 is 20.3 Å². The number of rotatable bonds is 8. The summed E-state index contributed by atoms with van der Waals surface area (Å²) < 4.78 is 7.79. The summed E-state index contributed by atoms with van der Waals surface area (Å²) in [5.41, 5.74) is 7.87. The summed E-state index contributed by atoms with van der Waals surface area (Å²) in [6.07, 6.45) is 5.33. The molecule has 0 unspecified atom stereocenters. The van der Waals surface area contributed by atoms with Gasteiger partial charge in [0.05, 0.1) is 18.4 Å². The van der Waals surface area contributed by atoms with Crippen molar-refractivity contribution < 1.29 is 9.53 Å². The van der Waals surface area contributed by atoms with E-state index in [1.807, 2.05) is 29.1 Å². The van der Waals surface area contributed by atoms with Crippen LogP contribution in [0.4, 0.5) is 23.0 Å². The zero-order valence-electron chi connectivity index (χ0n) is 26.6. The Labute approximate surface area is 260 Å². The highest BCUT2D eigenvalue weighted by atomic mass is 16.5. The third-order valence-corrected chi connectivity index (χ3v) is 8.85. The Balaban J connectivity index is 1.25. The fraction of sp³-hybridized carbons (Fsp3) is 0.400. The molecular weight excluding hydrogens is 550 g/mol. The maximum atomic E-state index is 13.8. The molecule has 1 saturated heterocycles. The quantitative estimate of drug-likeness (QED) is 0.246. The molecule has 44 heavy (non-hydrogen) atoms. The topological polar surface area (TPSA) is 87.6 Å².